The number of aliphatic carboxylic acids is 2. The van der Waals surface area contributed by atoms with Gasteiger partial charge in [0.05, 0.1) is 12.1 Å². The molecule has 1 saturated heterocycles. The third-order valence-corrected chi connectivity index (χ3v) is 5.98. The fourth-order valence-corrected chi connectivity index (χ4v) is 4.23. The fourth-order valence-electron chi connectivity index (χ4n) is 4.23. The number of amides is 1. The van der Waals surface area contributed by atoms with Gasteiger partial charge in [0.25, 0.3) is 0 Å². The van der Waals surface area contributed by atoms with Crippen molar-refractivity contribution in [1.82, 2.24) is 4.90 Å². The Morgan fingerprint density at radius 3 is 1.94 bits per heavy atom. The normalized spacial score (nSPS) is 14.9. The van der Waals surface area contributed by atoms with E-state index in [1.54, 1.807) is 0 Å². The summed E-state index contributed by atoms with van der Waals surface area (Å²) >= 11 is 0. The number of carbonyl (C=O) groups excluding carboxylic acids is 1. The predicted octanol–water partition coefficient (Wildman–Crippen LogP) is 4.05. The molecule has 1 aliphatic heterocycles. The van der Waals surface area contributed by atoms with E-state index in [0.717, 1.165) is 51.2 Å². The molecule has 2 N–H and O–H groups in total. The first kappa shape index (κ1) is 28.0. The van der Waals surface area contributed by atoms with Crippen molar-refractivity contribution in [3.05, 3.63) is 66.2 Å². The summed E-state index contributed by atoms with van der Waals surface area (Å²) in [6, 6.07) is 20.7. The quantitative estimate of drug-likeness (QED) is 0.408. The summed E-state index contributed by atoms with van der Waals surface area (Å²) in [5.41, 5.74) is 2.04. The Hall–Kier alpha value is -3.23. The van der Waals surface area contributed by atoms with Crippen LogP contribution in [0, 0.1) is 0 Å². The molecule has 1 fully saturated rings. The average Bonchev–Trinajstić information content (AvgIpc) is 2.87. The van der Waals surface area contributed by atoms with E-state index in [0.29, 0.717) is 13.0 Å². The van der Waals surface area contributed by atoms with Gasteiger partial charge in [-0.25, -0.2) is 9.59 Å². The Balaban J connectivity index is 0.000000641. The lowest BCUT2D eigenvalue weighted by Crippen LogP contribution is -2.60. The van der Waals surface area contributed by atoms with Gasteiger partial charge in [0.2, 0.25) is 5.91 Å². The summed E-state index contributed by atoms with van der Waals surface area (Å²) in [5.74, 6) is -3.47. The van der Waals surface area contributed by atoms with Gasteiger partial charge in [-0.15, -0.1) is 0 Å². The first-order valence-electron chi connectivity index (χ1n) is 12.0. The van der Waals surface area contributed by atoms with Gasteiger partial charge in [0.1, 0.15) is 0 Å². The molecule has 2 aromatic rings. The smallest absolute Gasteiger partial charge is 0.414 e. The van der Waals surface area contributed by atoms with Crippen molar-refractivity contribution in [2.45, 2.75) is 51.6 Å². The van der Waals surface area contributed by atoms with Crippen LogP contribution >= 0.6 is 0 Å². The van der Waals surface area contributed by atoms with Crippen LogP contribution in [0.3, 0.4) is 0 Å². The lowest BCUT2D eigenvalue weighted by atomic mass is 9.85. The van der Waals surface area contributed by atoms with Crippen LogP contribution < -0.4 is 4.90 Å². The van der Waals surface area contributed by atoms with Crippen LogP contribution in [0.5, 0.6) is 0 Å². The number of anilines is 1. The maximum Gasteiger partial charge on any atom is 0.414 e. The molecule has 3 rings (SSSR count). The Bertz CT molecular complexity index is 915. The number of benzene rings is 2. The number of rotatable bonds is 9. The van der Waals surface area contributed by atoms with Gasteiger partial charge in [-0.3, -0.25) is 9.69 Å². The molecule has 1 amide bonds. The van der Waals surface area contributed by atoms with Gasteiger partial charge in [-0.05, 0) is 37.0 Å². The van der Waals surface area contributed by atoms with E-state index in [2.05, 4.69) is 42.2 Å². The minimum absolute atomic E-state index is 0.174. The second-order valence-electron chi connectivity index (χ2n) is 8.57. The maximum absolute atomic E-state index is 13.1. The second kappa shape index (κ2) is 14.2. The van der Waals surface area contributed by atoms with E-state index in [9.17, 15) is 4.79 Å². The van der Waals surface area contributed by atoms with Crippen LogP contribution in [0.4, 0.5) is 5.69 Å². The molecule has 1 aliphatic rings. The highest BCUT2D eigenvalue weighted by Gasteiger charge is 2.43. The van der Waals surface area contributed by atoms with Gasteiger partial charge >= 0.3 is 11.9 Å². The van der Waals surface area contributed by atoms with E-state index < -0.39 is 11.9 Å². The highest BCUT2D eigenvalue weighted by molar-refractivity contribution is 6.27. The van der Waals surface area contributed by atoms with Crippen LogP contribution in [0.25, 0.3) is 0 Å². The van der Waals surface area contributed by atoms with Crippen molar-refractivity contribution in [3.8, 4) is 0 Å². The van der Waals surface area contributed by atoms with Crippen molar-refractivity contribution in [2.24, 2.45) is 0 Å². The number of carbonyl (C=O) groups is 3. The Morgan fingerprint density at radius 2 is 1.46 bits per heavy atom. The van der Waals surface area contributed by atoms with E-state index in [-0.39, 0.29) is 11.4 Å². The van der Waals surface area contributed by atoms with Crippen molar-refractivity contribution in [1.29, 1.82) is 0 Å². The molecule has 0 spiro atoms. The van der Waals surface area contributed by atoms with Crippen molar-refractivity contribution in [2.75, 3.05) is 31.2 Å². The van der Waals surface area contributed by atoms with Gasteiger partial charge in [-0.1, -0.05) is 62.4 Å². The first-order chi connectivity index (χ1) is 16.8. The van der Waals surface area contributed by atoms with Crippen molar-refractivity contribution >= 4 is 23.5 Å². The van der Waals surface area contributed by atoms with Gasteiger partial charge in [0, 0.05) is 38.3 Å². The number of ether oxygens (including phenoxy) is 1. The zero-order valence-corrected chi connectivity index (χ0v) is 20.6. The third kappa shape index (κ3) is 8.49. The SMILES string of the molecule is CCCOCC1(N(C(=O)CC)c2ccccc2)CCN(Cc2ccccc2)CC1.O=C(O)C(=O)O. The highest BCUT2D eigenvalue weighted by atomic mass is 16.5. The first-order valence-corrected chi connectivity index (χ1v) is 12.0. The predicted molar refractivity (Wildman–Crippen MR) is 134 cm³/mol. The van der Waals surface area contributed by atoms with Gasteiger partial charge in [-0.2, -0.15) is 0 Å². The molecule has 35 heavy (non-hydrogen) atoms. The van der Waals surface area contributed by atoms with Crippen LogP contribution in [0.1, 0.15) is 45.1 Å². The fraction of sp³-hybridized carbons (Fsp3) is 0.444. The van der Waals surface area contributed by atoms with Gasteiger partial charge in [0.15, 0.2) is 0 Å². The molecule has 0 bridgehead atoms. The Kier molecular flexibility index (Phi) is 11.4. The topological polar surface area (TPSA) is 107 Å². The molecule has 0 radical (unpaired) electrons. The van der Waals surface area contributed by atoms with Crippen LogP contribution in [0.15, 0.2) is 60.7 Å². The summed E-state index contributed by atoms with van der Waals surface area (Å²) in [7, 11) is 0. The summed E-state index contributed by atoms with van der Waals surface area (Å²) in [6.07, 6.45) is 3.33. The Morgan fingerprint density at radius 1 is 0.914 bits per heavy atom. The van der Waals surface area contributed by atoms with E-state index >= 15 is 0 Å². The minimum atomic E-state index is -1.82. The molecule has 0 atom stereocenters. The standard InChI is InChI=1S/C25H34N2O2.C2H2O4/c1-3-19-29-21-25(27(24(28)4-2)23-13-9-6-10-14-23)15-17-26(18-16-25)20-22-11-7-5-8-12-22;3-1(4)2(5)6/h5-14H,3-4,15-21H2,1-2H3;(H,3,4)(H,5,6). The minimum Gasteiger partial charge on any atom is -0.473 e. The van der Waals surface area contributed by atoms with E-state index in [1.165, 1.54) is 5.56 Å². The molecule has 190 valence electrons. The zero-order valence-electron chi connectivity index (χ0n) is 20.6. The van der Waals surface area contributed by atoms with Crippen molar-refractivity contribution < 1.29 is 29.3 Å². The van der Waals surface area contributed by atoms with Gasteiger partial charge < -0.3 is 19.8 Å². The van der Waals surface area contributed by atoms with E-state index in [4.69, 9.17) is 24.5 Å². The molecule has 0 unspecified atom stereocenters. The number of piperidine rings is 1. The molecule has 2 aromatic carbocycles. The molecular weight excluding hydrogens is 448 g/mol. The number of carboxylic acid groups (broad SMARTS) is 2. The molecule has 8 heteroatoms. The molecule has 0 saturated carbocycles. The lowest BCUT2D eigenvalue weighted by molar-refractivity contribution is -0.159. The van der Waals surface area contributed by atoms with Crippen LogP contribution in [0.2, 0.25) is 0 Å². The maximum atomic E-state index is 13.1. The summed E-state index contributed by atoms with van der Waals surface area (Å²) in [6.45, 7) is 8.29. The molecule has 8 nitrogen and oxygen atoms in total. The lowest BCUT2D eigenvalue weighted by Gasteiger charge is -2.48. The molecule has 0 aromatic heterocycles. The number of nitrogens with zero attached hydrogens (tertiary/aromatic N) is 2. The number of para-hydroxylation sites is 1. The van der Waals surface area contributed by atoms with Crippen LogP contribution in [-0.4, -0.2) is 64.8 Å². The van der Waals surface area contributed by atoms with E-state index in [1.807, 2.05) is 42.2 Å². The van der Waals surface area contributed by atoms with Crippen molar-refractivity contribution in [3.63, 3.8) is 0 Å². The highest BCUT2D eigenvalue weighted by Crippen LogP contribution is 2.35. The third-order valence-electron chi connectivity index (χ3n) is 5.98. The molecular formula is C27H36N2O6. The number of likely N-dealkylation sites (tertiary alicyclic amines) is 1. The molecule has 1 heterocycles. The zero-order chi connectivity index (χ0) is 25.7. The Labute approximate surface area is 207 Å². The number of hydrogen-bond acceptors (Lipinski definition) is 5. The number of carboxylic acids is 2. The second-order valence-corrected chi connectivity index (χ2v) is 8.57. The number of hydrogen-bond donors (Lipinski definition) is 2. The summed E-state index contributed by atoms with van der Waals surface area (Å²) < 4.78 is 6.06. The monoisotopic (exact) mass is 484 g/mol. The summed E-state index contributed by atoms with van der Waals surface area (Å²) in [4.78, 5) is 35.8. The average molecular weight is 485 g/mol. The molecule has 0 aliphatic carbocycles. The largest absolute Gasteiger partial charge is 0.473 e. The van der Waals surface area contributed by atoms with Crippen LogP contribution in [-0.2, 0) is 25.7 Å². The summed E-state index contributed by atoms with van der Waals surface area (Å²) in [5, 5.41) is 14.8.